The first-order valence-electron chi connectivity index (χ1n) is 6.56. The van der Waals surface area contributed by atoms with E-state index in [1.54, 1.807) is 0 Å². The van der Waals surface area contributed by atoms with E-state index in [2.05, 4.69) is 13.8 Å². The van der Waals surface area contributed by atoms with Gasteiger partial charge in [-0.3, -0.25) is 4.79 Å². The summed E-state index contributed by atoms with van der Waals surface area (Å²) in [6.07, 6.45) is 0.880. The number of hydrogen-bond donors (Lipinski definition) is 1. The summed E-state index contributed by atoms with van der Waals surface area (Å²) in [5.74, 6) is -0.0722. The SMILES string of the molecule is CCOC(=O)C(CN)(c1ccccc1)C(C)CC. The van der Waals surface area contributed by atoms with Gasteiger partial charge in [-0.25, -0.2) is 0 Å². The molecule has 1 aromatic carbocycles. The fraction of sp³-hybridized carbons (Fsp3) is 0.533. The maximum absolute atomic E-state index is 12.4. The molecule has 1 rings (SSSR count). The summed E-state index contributed by atoms with van der Waals surface area (Å²) in [5, 5.41) is 0. The lowest BCUT2D eigenvalue weighted by molar-refractivity contribution is -0.152. The van der Waals surface area contributed by atoms with Crippen LogP contribution in [-0.2, 0) is 14.9 Å². The van der Waals surface area contributed by atoms with Crippen LogP contribution >= 0.6 is 0 Å². The smallest absolute Gasteiger partial charge is 0.318 e. The van der Waals surface area contributed by atoms with Crippen molar-refractivity contribution in [1.29, 1.82) is 0 Å². The van der Waals surface area contributed by atoms with Crippen molar-refractivity contribution < 1.29 is 9.53 Å². The van der Waals surface area contributed by atoms with Crippen LogP contribution in [0.25, 0.3) is 0 Å². The summed E-state index contributed by atoms with van der Waals surface area (Å²) >= 11 is 0. The molecule has 0 aliphatic heterocycles. The van der Waals surface area contributed by atoms with Crippen LogP contribution in [0, 0.1) is 5.92 Å². The first-order valence-corrected chi connectivity index (χ1v) is 6.56. The van der Waals surface area contributed by atoms with Crippen LogP contribution in [0.2, 0.25) is 0 Å². The van der Waals surface area contributed by atoms with Crippen molar-refractivity contribution in [3.05, 3.63) is 35.9 Å². The van der Waals surface area contributed by atoms with E-state index in [9.17, 15) is 4.79 Å². The highest BCUT2D eigenvalue weighted by Gasteiger charge is 2.44. The molecule has 0 aliphatic rings. The summed E-state index contributed by atoms with van der Waals surface area (Å²) in [7, 11) is 0. The van der Waals surface area contributed by atoms with Gasteiger partial charge in [0.25, 0.3) is 0 Å². The van der Waals surface area contributed by atoms with Crippen molar-refractivity contribution in [2.24, 2.45) is 11.7 Å². The Kier molecular flexibility index (Phi) is 5.35. The maximum Gasteiger partial charge on any atom is 0.318 e. The van der Waals surface area contributed by atoms with Gasteiger partial charge in [0.2, 0.25) is 0 Å². The van der Waals surface area contributed by atoms with Crippen LogP contribution in [0.4, 0.5) is 0 Å². The van der Waals surface area contributed by atoms with Gasteiger partial charge in [-0.2, -0.15) is 0 Å². The second-order valence-electron chi connectivity index (χ2n) is 4.57. The zero-order valence-electron chi connectivity index (χ0n) is 11.5. The van der Waals surface area contributed by atoms with Crippen molar-refractivity contribution in [1.82, 2.24) is 0 Å². The van der Waals surface area contributed by atoms with E-state index in [1.165, 1.54) is 0 Å². The third-order valence-corrected chi connectivity index (χ3v) is 3.70. The van der Waals surface area contributed by atoms with Gasteiger partial charge in [0.05, 0.1) is 6.61 Å². The predicted molar refractivity (Wildman–Crippen MR) is 73.3 cm³/mol. The first-order chi connectivity index (χ1) is 8.63. The zero-order chi connectivity index (χ0) is 13.6. The molecule has 3 heteroatoms. The number of nitrogens with two attached hydrogens (primary N) is 1. The van der Waals surface area contributed by atoms with Crippen molar-refractivity contribution in [3.63, 3.8) is 0 Å². The number of esters is 1. The summed E-state index contributed by atoms with van der Waals surface area (Å²) in [4.78, 5) is 12.4. The number of carbonyl (C=O) groups excluding carboxylic acids is 1. The highest BCUT2D eigenvalue weighted by Crippen LogP contribution is 2.35. The fourth-order valence-electron chi connectivity index (χ4n) is 2.35. The minimum Gasteiger partial charge on any atom is -0.465 e. The van der Waals surface area contributed by atoms with Gasteiger partial charge in [-0.05, 0) is 18.4 Å². The average molecular weight is 249 g/mol. The van der Waals surface area contributed by atoms with Gasteiger partial charge >= 0.3 is 5.97 Å². The van der Waals surface area contributed by atoms with E-state index in [-0.39, 0.29) is 18.4 Å². The molecule has 0 fully saturated rings. The minimum absolute atomic E-state index is 0.143. The molecular weight excluding hydrogens is 226 g/mol. The topological polar surface area (TPSA) is 52.3 Å². The molecule has 0 radical (unpaired) electrons. The lowest BCUT2D eigenvalue weighted by Gasteiger charge is -2.35. The molecule has 18 heavy (non-hydrogen) atoms. The monoisotopic (exact) mass is 249 g/mol. The van der Waals surface area contributed by atoms with Gasteiger partial charge in [0, 0.05) is 6.54 Å². The largest absolute Gasteiger partial charge is 0.465 e. The Labute approximate surface area is 109 Å². The Morgan fingerprint density at radius 3 is 2.39 bits per heavy atom. The van der Waals surface area contributed by atoms with Crippen LogP contribution in [0.5, 0.6) is 0 Å². The van der Waals surface area contributed by atoms with Crippen LogP contribution in [-0.4, -0.2) is 19.1 Å². The molecule has 0 spiro atoms. The summed E-state index contributed by atoms with van der Waals surface area (Å²) in [5.41, 5.74) is 6.16. The highest BCUT2D eigenvalue weighted by atomic mass is 16.5. The number of rotatable bonds is 6. The Bertz CT molecular complexity index is 377. The maximum atomic E-state index is 12.4. The molecule has 0 aliphatic carbocycles. The summed E-state index contributed by atoms with van der Waals surface area (Å²) < 4.78 is 5.26. The van der Waals surface area contributed by atoms with Crippen molar-refractivity contribution in [2.75, 3.05) is 13.2 Å². The molecule has 0 aromatic heterocycles. The van der Waals surface area contributed by atoms with Crippen molar-refractivity contribution in [3.8, 4) is 0 Å². The Morgan fingerprint density at radius 2 is 1.94 bits per heavy atom. The number of benzene rings is 1. The molecule has 2 N–H and O–H groups in total. The molecule has 1 aromatic rings. The van der Waals surface area contributed by atoms with Crippen LogP contribution in [0.1, 0.15) is 32.8 Å². The predicted octanol–water partition coefficient (Wildman–Crippen LogP) is 2.49. The number of hydrogen-bond acceptors (Lipinski definition) is 3. The molecule has 0 heterocycles. The Morgan fingerprint density at radius 1 is 1.33 bits per heavy atom. The van der Waals surface area contributed by atoms with E-state index >= 15 is 0 Å². The van der Waals surface area contributed by atoms with Gasteiger partial charge in [0.1, 0.15) is 5.41 Å². The molecule has 0 amide bonds. The zero-order valence-corrected chi connectivity index (χ0v) is 11.5. The fourth-order valence-corrected chi connectivity index (χ4v) is 2.35. The van der Waals surface area contributed by atoms with E-state index in [0.29, 0.717) is 6.61 Å². The van der Waals surface area contributed by atoms with E-state index in [1.807, 2.05) is 37.3 Å². The first kappa shape index (κ1) is 14.7. The lowest BCUT2D eigenvalue weighted by atomic mass is 9.70. The van der Waals surface area contributed by atoms with Crippen molar-refractivity contribution >= 4 is 5.97 Å². The molecule has 2 atom stereocenters. The van der Waals surface area contributed by atoms with E-state index in [0.717, 1.165) is 12.0 Å². The molecular formula is C15H23NO2. The standard InChI is InChI=1S/C15H23NO2/c1-4-12(3)15(11-16,14(17)18-5-2)13-9-7-6-8-10-13/h6-10,12H,4-5,11,16H2,1-3H3. The normalized spacial score (nSPS) is 15.8. The summed E-state index contributed by atoms with van der Waals surface area (Å²) in [6, 6.07) is 9.71. The van der Waals surface area contributed by atoms with E-state index in [4.69, 9.17) is 10.5 Å². The van der Waals surface area contributed by atoms with Gasteiger partial charge < -0.3 is 10.5 Å². The molecule has 0 bridgehead atoms. The molecule has 0 saturated carbocycles. The third kappa shape index (κ3) is 2.56. The number of carbonyl (C=O) groups is 1. The Balaban J connectivity index is 3.27. The van der Waals surface area contributed by atoms with Crippen LogP contribution in [0.3, 0.4) is 0 Å². The van der Waals surface area contributed by atoms with Crippen molar-refractivity contribution in [2.45, 2.75) is 32.6 Å². The lowest BCUT2D eigenvalue weighted by Crippen LogP contribution is -2.49. The van der Waals surface area contributed by atoms with Gasteiger partial charge in [-0.1, -0.05) is 50.6 Å². The quantitative estimate of drug-likeness (QED) is 0.788. The van der Waals surface area contributed by atoms with Crippen LogP contribution < -0.4 is 5.73 Å². The van der Waals surface area contributed by atoms with E-state index < -0.39 is 5.41 Å². The Hall–Kier alpha value is -1.35. The number of ether oxygens (including phenoxy) is 1. The van der Waals surface area contributed by atoms with Gasteiger partial charge in [0.15, 0.2) is 0 Å². The summed E-state index contributed by atoms with van der Waals surface area (Å²) in [6.45, 7) is 6.59. The molecule has 0 saturated heterocycles. The highest BCUT2D eigenvalue weighted by molar-refractivity contribution is 5.84. The second-order valence-corrected chi connectivity index (χ2v) is 4.57. The molecule has 2 unspecified atom stereocenters. The average Bonchev–Trinajstić information content (AvgIpc) is 2.41. The van der Waals surface area contributed by atoms with Gasteiger partial charge in [-0.15, -0.1) is 0 Å². The second kappa shape index (κ2) is 6.55. The third-order valence-electron chi connectivity index (χ3n) is 3.70. The molecule has 100 valence electrons. The minimum atomic E-state index is -0.730. The van der Waals surface area contributed by atoms with Crippen LogP contribution in [0.15, 0.2) is 30.3 Å². The molecule has 3 nitrogen and oxygen atoms in total.